The SMILES string of the molecule is C=CCCNC(=O)/C=C/c1cc(C)ccc1OC. The van der Waals surface area contributed by atoms with Crippen LogP contribution in [0.2, 0.25) is 0 Å². The molecule has 0 fully saturated rings. The number of ether oxygens (including phenoxy) is 1. The molecule has 1 N–H and O–H groups in total. The first kappa shape index (κ1) is 14.0. The van der Waals surface area contributed by atoms with Gasteiger partial charge in [-0.3, -0.25) is 4.79 Å². The Balaban J connectivity index is 2.68. The van der Waals surface area contributed by atoms with Crippen LogP contribution in [0.3, 0.4) is 0 Å². The average Bonchev–Trinajstić information content (AvgIpc) is 2.37. The Morgan fingerprint density at radius 3 is 2.94 bits per heavy atom. The van der Waals surface area contributed by atoms with E-state index in [-0.39, 0.29) is 5.91 Å². The molecule has 0 saturated carbocycles. The first-order valence-corrected chi connectivity index (χ1v) is 5.89. The third-order valence-corrected chi connectivity index (χ3v) is 2.45. The summed E-state index contributed by atoms with van der Waals surface area (Å²) >= 11 is 0. The first-order chi connectivity index (χ1) is 8.67. The molecule has 0 aromatic heterocycles. The minimum atomic E-state index is -0.111. The van der Waals surface area contributed by atoms with Gasteiger partial charge in [0.25, 0.3) is 0 Å². The molecule has 1 rings (SSSR count). The van der Waals surface area contributed by atoms with Gasteiger partial charge in [0, 0.05) is 18.2 Å². The zero-order chi connectivity index (χ0) is 13.4. The molecule has 0 aliphatic rings. The van der Waals surface area contributed by atoms with Crippen molar-refractivity contribution < 1.29 is 9.53 Å². The second kappa shape index (κ2) is 7.33. The molecule has 0 saturated heterocycles. The summed E-state index contributed by atoms with van der Waals surface area (Å²) in [5.74, 6) is 0.649. The van der Waals surface area contributed by atoms with E-state index in [9.17, 15) is 4.79 Å². The smallest absolute Gasteiger partial charge is 0.244 e. The Kier molecular flexibility index (Phi) is 5.71. The van der Waals surface area contributed by atoms with Gasteiger partial charge in [-0.1, -0.05) is 17.7 Å². The largest absolute Gasteiger partial charge is 0.496 e. The van der Waals surface area contributed by atoms with Crippen LogP contribution in [0.1, 0.15) is 17.5 Å². The number of carbonyl (C=O) groups excluding carboxylic acids is 1. The normalized spacial score (nSPS) is 10.3. The van der Waals surface area contributed by atoms with Gasteiger partial charge < -0.3 is 10.1 Å². The highest BCUT2D eigenvalue weighted by Crippen LogP contribution is 2.20. The van der Waals surface area contributed by atoms with Crippen molar-refractivity contribution in [3.63, 3.8) is 0 Å². The van der Waals surface area contributed by atoms with Crippen LogP contribution < -0.4 is 10.1 Å². The van der Waals surface area contributed by atoms with E-state index in [4.69, 9.17) is 4.74 Å². The molecule has 96 valence electrons. The van der Waals surface area contributed by atoms with Gasteiger partial charge in [0.2, 0.25) is 5.91 Å². The fourth-order valence-corrected chi connectivity index (χ4v) is 1.51. The Labute approximate surface area is 108 Å². The topological polar surface area (TPSA) is 38.3 Å². The van der Waals surface area contributed by atoms with Crippen molar-refractivity contribution in [3.8, 4) is 5.75 Å². The second-order valence-electron chi connectivity index (χ2n) is 3.95. The molecular formula is C15H19NO2. The molecule has 1 amide bonds. The summed E-state index contributed by atoms with van der Waals surface area (Å²) in [5.41, 5.74) is 2.03. The second-order valence-corrected chi connectivity index (χ2v) is 3.95. The Hall–Kier alpha value is -2.03. The third-order valence-electron chi connectivity index (χ3n) is 2.45. The molecule has 3 heteroatoms. The van der Waals surface area contributed by atoms with Crippen molar-refractivity contribution in [2.45, 2.75) is 13.3 Å². The quantitative estimate of drug-likeness (QED) is 0.475. The maximum absolute atomic E-state index is 11.5. The van der Waals surface area contributed by atoms with E-state index in [1.54, 1.807) is 19.3 Å². The minimum absolute atomic E-state index is 0.111. The lowest BCUT2D eigenvalue weighted by atomic mass is 10.1. The molecule has 0 radical (unpaired) electrons. The summed E-state index contributed by atoms with van der Waals surface area (Å²) in [6.07, 6.45) is 5.82. The van der Waals surface area contributed by atoms with Gasteiger partial charge in [-0.15, -0.1) is 6.58 Å². The van der Waals surface area contributed by atoms with Crippen molar-refractivity contribution in [1.82, 2.24) is 5.32 Å². The molecule has 18 heavy (non-hydrogen) atoms. The molecule has 0 atom stereocenters. The van der Waals surface area contributed by atoms with Crippen LogP contribution in [0.4, 0.5) is 0 Å². The van der Waals surface area contributed by atoms with Crippen LogP contribution in [-0.4, -0.2) is 19.6 Å². The van der Waals surface area contributed by atoms with Gasteiger partial charge in [0.15, 0.2) is 0 Å². The van der Waals surface area contributed by atoms with Gasteiger partial charge in [-0.05, 0) is 31.6 Å². The number of hydrogen-bond acceptors (Lipinski definition) is 2. The lowest BCUT2D eigenvalue weighted by Crippen LogP contribution is -2.21. The molecule has 3 nitrogen and oxygen atoms in total. The first-order valence-electron chi connectivity index (χ1n) is 5.89. The molecule has 1 aromatic carbocycles. The average molecular weight is 245 g/mol. The molecule has 0 bridgehead atoms. The molecular weight excluding hydrogens is 226 g/mol. The van der Waals surface area contributed by atoms with Crippen molar-refractivity contribution >= 4 is 12.0 Å². The molecule has 1 aromatic rings. The third kappa shape index (κ3) is 4.45. The number of nitrogens with one attached hydrogen (secondary N) is 1. The van der Waals surface area contributed by atoms with Gasteiger partial charge in [0.1, 0.15) is 5.75 Å². The molecule has 0 spiro atoms. The fraction of sp³-hybridized carbons (Fsp3) is 0.267. The van der Waals surface area contributed by atoms with Crippen molar-refractivity contribution in [1.29, 1.82) is 0 Å². The van der Waals surface area contributed by atoms with Crippen molar-refractivity contribution in [2.75, 3.05) is 13.7 Å². The zero-order valence-corrected chi connectivity index (χ0v) is 10.9. The number of carbonyl (C=O) groups is 1. The van der Waals surface area contributed by atoms with Crippen LogP contribution in [0, 0.1) is 6.92 Å². The van der Waals surface area contributed by atoms with Crippen molar-refractivity contribution in [2.24, 2.45) is 0 Å². The van der Waals surface area contributed by atoms with Crippen LogP contribution in [0.15, 0.2) is 36.9 Å². The van der Waals surface area contributed by atoms with E-state index in [2.05, 4.69) is 11.9 Å². The zero-order valence-electron chi connectivity index (χ0n) is 10.9. The summed E-state index contributed by atoms with van der Waals surface area (Å²) in [6.45, 7) is 6.21. The van der Waals surface area contributed by atoms with E-state index >= 15 is 0 Å². The predicted molar refractivity (Wildman–Crippen MR) is 74.6 cm³/mol. The minimum Gasteiger partial charge on any atom is -0.496 e. The standard InChI is InChI=1S/C15H19NO2/c1-4-5-10-16-15(17)9-7-13-11-12(2)6-8-14(13)18-3/h4,6-9,11H,1,5,10H2,2-3H3,(H,16,17)/b9-7+. The van der Waals surface area contributed by atoms with E-state index < -0.39 is 0 Å². The molecule has 0 unspecified atom stereocenters. The van der Waals surface area contributed by atoms with Gasteiger partial charge in [-0.25, -0.2) is 0 Å². The Bertz CT molecular complexity index is 450. The monoisotopic (exact) mass is 245 g/mol. The van der Waals surface area contributed by atoms with E-state index in [0.717, 1.165) is 23.3 Å². The number of hydrogen-bond donors (Lipinski definition) is 1. The van der Waals surface area contributed by atoms with Gasteiger partial charge in [0.05, 0.1) is 7.11 Å². The Morgan fingerprint density at radius 2 is 2.28 bits per heavy atom. The molecule has 0 aliphatic heterocycles. The van der Waals surface area contributed by atoms with Crippen LogP contribution in [0.25, 0.3) is 6.08 Å². The van der Waals surface area contributed by atoms with Gasteiger partial charge in [-0.2, -0.15) is 0 Å². The number of amides is 1. The van der Waals surface area contributed by atoms with Crippen LogP contribution >= 0.6 is 0 Å². The highest BCUT2D eigenvalue weighted by Gasteiger charge is 2.00. The summed E-state index contributed by atoms with van der Waals surface area (Å²) < 4.78 is 5.23. The van der Waals surface area contributed by atoms with E-state index in [0.29, 0.717) is 6.54 Å². The lowest BCUT2D eigenvalue weighted by molar-refractivity contribution is -0.116. The number of benzene rings is 1. The van der Waals surface area contributed by atoms with Gasteiger partial charge >= 0.3 is 0 Å². The lowest BCUT2D eigenvalue weighted by Gasteiger charge is -2.05. The van der Waals surface area contributed by atoms with E-state index in [1.807, 2.05) is 25.1 Å². The number of methoxy groups -OCH3 is 1. The summed E-state index contributed by atoms with van der Waals surface area (Å²) in [4.78, 5) is 11.5. The summed E-state index contributed by atoms with van der Waals surface area (Å²) in [7, 11) is 1.62. The predicted octanol–water partition coefficient (Wildman–Crippen LogP) is 2.71. The van der Waals surface area contributed by atoms with E-state index in [1.165, 1.54) is 6.08 Å². The van der Waals surface area contributed by atoms with Crippen LogP contribution in [-0.2, 0) is 4.79 Å². The highest BCUT2D eigenvalue weighted by atomic mass is 16.5. The number of aryl methyl sites for hydroxylation is 1. The van der Waals surface area contributed by atoms with Crippen LogP contribution in [0.5, 0.6) is 5.75 Å². The Morgan fingerprint density at radius 1 is 1.50 bits per heavy atom. The molecule has 0 heterocycles. The maximum atomic E-state index is 11.5. The summed E-state index contributed by atoms with van der Waals surface area (Å²) in [5, 5.41) is 2.77. The fourth-order valence-electron chi connectivity index (χ4n) is 1.51. The molecule has 0 aliphatic carbocycles. The summed E-state index contributed by atoms with van der Waals surface area (Å²) in [6, 6.07) is 5.84. The highest BCUT2D eigenvalue weighted by molar-refractivity contribution is 5.92. The maximum Gasteiger partial charge on any atom is 0.244 e. The number of rotatable bonds is 6. The van der Waals surface area contributed by atoms with Crippen molar-refractivity contribution in [3.05, 3.63) is 48.1 Å².